The van der Waals surface area contributed by atoms with Gasteiger partial charge in [-0.3, -0.25) is 14.4 Å². The molecule has 0 saturated carbocycles. The summed E-state index contributed by atoms with van der Waals surface area (Å²) < 4.78 is 0. The third-order valence-corrected chi connectivity index (χ3v) is 11.0. The first-order valence-electron chi connectivity index (χ1n) is 20.6. The van der Waals surface area contributed by atoms with Crippen LogP contribution in [0.5, 0.6) is 0 Å². The monoisotopic (exact) mass is 860 g/mol. The van der Waals surface area contributed by atoms with Gasteiger partial charge in [-0.2, -0.15) is 29.5 Å². The minimum absolute atomic E-state index is 0. The van der Waals surface area contributed by atoms with Gasteiger partial charge in [0.15, 0.2) is 0 Å². The summed E-state index contributed by atoms with van der Waals surface area (Å²) in [4.78, 5) is 48.8. The molecule has 0 amide bonds. The van der Waals surface area contributed by atoms with Crippen LogP contribution in [-0.2, 0) is 44.3 Å². The minimum Gasteiger partial charge on any atom is -0.678 e. The predicted octanol–water partition coefficient (Wildman–Crippen LogP) is 10.4. The molecule has 60 heavy (non-hydrogen) atoms. The maximum absolute atomic E-state index is 12.5. The molecule has 3 aromatic rings. The summed E-state index contributed by atoms with van der Waals surface area (Å²) >= 11 is 0. The number of aromatic nitrogens is 3. The molecule has 1 unspecified atom stereocenters. The van der Waals surface area contributed by atoms with Crippen LogP contribution in [0.4, 0.5) is 0 Å². The van der Waals surface area contributed by atoms with Crippen molar-refractivity contribution < 1.29 is 46.8 Å². The Morgan fingerprint density at radius 3 is 1.98 bits per heavy atom. The standard InChI is InChI=1S/C42H56N3O6.C7H8N.Fe/c1-25(2)12-9-13-26(3)14-10-15-27(4)16-11-17-39(47)42-29(6)35(44-31(42)8)22-38-34(24-46)33(19-21-41(50)51)37(45-38)23-36-32(18-20-40(48)49)28(5)30(7)43-36;1-3-7-5-8-4-6(7)2;/h12,14,16,22,24,37,39,47H,9-11,13,15,17-21,23H2,1-8H3,(H,48,49)(H,50,51);3-5H,1H2,2H3;/q-3;-1;+4/b26-14+,27-16+,38-22-;;/t37?,39-;;/m0../s1. The number of aliphatic hydroxyl groups excluding tert-OH is 1. The second kappa shape index (κ2) is 25.1. The maximum Gasteiger partial charge on any atom is 4.00 e. The number of rotatable bonds is 21. The van der Waals surface area contributed by atoms with Crippen LogP contribution >= 0.6 is 0 Å². The Hall–Kier alpha value is -4.83. The molecule has 0 bridgehead atoms. The first-order valence-corrected chi connectivity index (χ1v) is 20.6. The van der Waals surface area contributed by atoms with Crippen LogP contribution in [0.25, 0.3) is 17.5 Å². The molecular formula is C49H64FeN4O6. The average molecular weight is 861 g/mol. The normalized spacial score (nSPS) is 15.2. The van der Waals surface area contributed by atoms with E-state index in [1.807, 2.05) is 53.1 Å². The quantitative estimate of drug-likeness (QED) is 0.0536. The fourth-order valence-corrected chi connectivity index (χ4v) is 7.41. The van der Waals surface area contributed by atoms with Crippen LogP contribution in [0.15, 0.2) is 70.8 Å². The first-order chi connectivity index (χ1) is 28.0. The Balaban J connectivity index is 0.00000123. The van der Waals surface area contributed by atoms with E-state index in [2.05, 4.69) is 57.5 Å². The van der Waals surface area contributed by atoms with Gasteiger partial charge in [-0.25, -0.2) is 0 Å². The zero-order chi connectivity index (χ0) is 43.8. The van der Waals surface area contributed by atoms with Crippen LogP contribution in [0.2, 0.25) is 0 Å². The SMILES string of the molecule is C=Cc1c[n-]cc1C.CC(C)=CCC/C(C)=C/CC/C(C)=C/CC[C@H](O)c1c(C)[n-]c(/C=C2\[N-]C(Cc3[n-]c(C)c(C)c3CCC(=O)O)C(CCC(=O)O)=C2C=O)c1C.[Fe+4]. The third kappa shape index (κ3) is 15.3. The van der Waals surface area contributed by atoms with Gasteiger partial charge in [-0.05, 0) is 117 Å². The molecule has 0 saturated heterocycles. The first kappa shape index (κ1) is 51.3. The van der Waals surface area contributed by atoms with Gasteiger partial charge < -0.3 is 35.6 Å². The van der Waals surface area contributed by atoms with Gasteiger partial charge in [-0.15, -0.1) is 11.4 Å². The van der Waals surface area contributed by atoms with Gasteiger partial charge in [-0.1, -0.05) is 108 Å². The van der Waals surface area contributed by atoms with Gasteiger partial charge >= 0.3 is 29.0 Å². The summed E-state index contributed by atoms with van der Waals surface area (Å²) in [5, 5.41) is 34.9. The number of carbonyl (C=O) groups excluding carboxylic acids is 1. The number of nitrogens with zero attached hydrogens (tertiary/aromatic N) is 4. The Morgan fingerprint density at radius 2 is 1.43 bits per heavy atom. The van der Waals surface area contributed by atoms with E-state index in [1.54, 1.807) is 6.08 Å². The molecule has 0 fully saturated rings. The number of allylic oxidation sites excluding steroid dienone is 7. The number of aliphatic hydroxyl groups is 1. The number of aryl methyl sites for hydroxylation is 3. The van der Waals surface area contributed by atoms with Crippen molar-refractivity contribution in [3.8, 4) is 0 Å². The van der Waals surface area contributed by atoms with Crippen LogP contribution in [-0.4, -0.2) is 39.6 Å². The van der Waals surface area contributed by atoms with E-state index in [1.165, 1.54) is 22.3 Å². The summed E-state index contributed by atoms with van der Waals surface area (Å²) in [6.07, 6.45) is 20.1. The molecule has 0 aliphatic carbocycles. The molecule has 10 nitrogen and oxygen atoms in total. The Labute approximate surface area is 368 Å². The molecule has 4 rings (SSSR count). The molecule has 0 aromatic carbocycles. The maximum atomic E-state index is 12.5. The van der Waals surface area contributed by atoms with Gasteiger partial charge in [0.2, 0.25) is 0 Å². The van der Waals surface area contributed by atoms with E-state index in [9.17, 15) is 29.7 Å². The van der Waals surface area contributed by atoms with E-state index in [4.69, 9.17) is 15.3 Å². The summed E-state index contributed by atoms with van der Waals surface area (Å²) in [7, 11) is 0. The van der Waals surface area contributed by atoms with Gasteiger partial charge in [0.1, 0.15) is 6.29 Å². The number of aldehydes is 1. The van der Waals surface area contributed by atoms with E-state index < -0.39 is 24.1 Å². The smallest absolute Gasteiger partial charge is 0.678 e. The average Bonchev–Trinajstić information content (AvgIpc) is 3.88. The van der Waals surface area contributed by atoms with Crippen LogP contribution < -0.4 is 15.0 Å². The fraction of sp³-hybridized carbons (Fsp3) is 0.449. The molecule has 3 aromatic heterocycles. The van der Waals surface area contributed by atoms with Gasteiger partial charge in [0, 0.05) is 12.8 Å². The number of hydrogen-bond donors (Lipinski definition) is 3. The van der Waals surface area contributed by atoms with Crippen LogP contribution in [0, 0.1) is 34.6 Å². The summed E-state index contributed by atoms with van der Waals surface area (Å²) in [5.41, 5.74) is 14.0. The van der Waals surface area contributed by atoms with E-state index in [-0.39, 0.29) is 36.3 Å². The second-order valence-electron chi connectivity index (χ2n) is 15.9. The van der Waals surface area contributed by atoms with Crippen molar-refractivity contribution in [2.45, 2.75) is 145 Å². The Kier molecular flexibility index (Phi) is 21.4. The second-order valence-corrected chi connectivity index (χ2v) is 15.9. The van der Waals surface area contributed by atoms with Crippen molar-refractivity contribution in [2.24, 2.45) is 0 Å². The minimum atomic E-state index is -0.977. The van der Waals surface area contributed by atoms with E-state index in [0.717, 1.165) is 71.9 Å². The molecule has 324 valence electrons. The van der Waals surface area contributed by atoms with Crippen molar-refractivity contribution in [2.75, 3.05) is 0 Å². The molecular weight excluding hydrogens is 796 g/mol. The molecule has 0 radical (unpaired) electrons. The zero-order valence-corrected chi connectivity index (χ0v) is 38.1. The van der Waals surface area contributed by atoms with Crippen molar-refractivity contribution in [3.63, 3.8) is 0 Å². The topological polar surface area (TPSA) is 168 Å². The zero-order valence-electron chi connectivity index (χ0n) is 37.0. The van der Waals surface area contributed by atoms with E-state index in [0.29, 0.717) is 53.2 Å². The number of aliphatic carboxylic acids is 2. The van der Waals surface area contributed by atoms with Crippen LogP contribution in [0.3, 0.4) is 0 Å². The summed E-state index contributed by atoms with van der Waals surface area (Å²) in [5.74, 6) is -1.88. The molecule has 11 heteroatoms. The molecule has 0 spiro atoms. The molecule has 1 aliphatic rings. The summed E-state index contributed by atoms with van der Waals surface area (Å²) in [6, 6.07) is -0.522. The number of carboxylic acids is 2. The van der Waals surface area contributed by atoms with E-state index >= 15 is 0 Å². The van der Waals surface area contributed by atoms with Gasteiger partial charge in [0.05, 0.1) is 6.10 Å². The van der Waals surface area contributed by atoms with Crippen molar-refractivity contribution in [1.82, 2.24) is 15.0 Å². The van der Waals surface area contributed by atoms with Crippen molar-refractivity contribution in [3.05, 3.63) is 132 Å². The summed E-state index contributed by atoms with van der Waals surface area (Å²) in [6.45, 7) is 21.8. The Morgan fingerprint density at radius 1 is 0.817 bits per heavy atom. The number of hydrogen-bond acceptors (Lipinski definition) is 4. The van der Waals surface area contributed by atoms with Crippen LogP contribution in [0.1, 0.15) is 148 Å². The Bertz CT molecular complexity index is 2100. The largest absolute Gasteiger partial charge is 4.00 e. The fourth-order valence-electron chi connectivity index (χ4n) is 7.41. The third-order valence-electron chi connectivity index (χ3n) is 11.0. The molecule has 1 aliphatic heterocycles. The van der Waals surface area contributed by atoms with Gasteiger partial charge in [0.25, 0.3) is 0 Å². The predicted molar refractivity (Wildman–Crippen MR) is 237 cm³/mol. The molecule has 2 atom stereocenters. The van der Waals surface area contributed by atoms with Crippen molar-refractivity contribution >= 4 is 30.4 Å². The molecule has 4 heterocycles. The number of carboxylic acid groups (broad SMARTS) is 2. The molecule has 3 N–H and O–H groups in total. The number of carbonyl (C=O) groups is 3. The van der Waals surface area contributed by atoms with Crippen molar-refractivity contribution in [1.29, 1.82) is 0 Å².